The van der Waals surface area contributed by atoms with Crippen LogP contribution < -0.4 is 0 Å². The molecule has 26 heavy (non-hydrogen) atoms. The van der Waals surface area contributed by atoms with Crippen molar-refractivity contribution in [3.8, 4) is 0 Å². The Labute approximate surface area is 158 Å². The van der Waals surface area contributed by atoms with Crippen LogP contribution in [-0.2, 0) is 26.5 Å². The van der Waals surface area contributed by atoms with Gasteiger partial charge in [0.2, 0.25) is 5.60 Å². The minimum Gasteiger partial charge on any atom is -0.458 e. The van der Waals surface area contributed by atoms with Crippen molar-refractivity contribution in [2.45, 2.75) is 12.2 Å². The van der Waals surface area contributed by atoms with Crippen molar-refractivity contribution in [2.24, 2.45) is 0 Å². The Morgan fingerprint density at radius 3 is 1.96 bits per heavy atom. The molecular formula is C22H19ClO3. The predicted molar refractivity (Wildman–Crippen MR) is 102 cm³/mol. The molecule has 0 fully saturated rings. The minimum atomic E-state index is -1.33. The van der Waals surface area contributed by atoms with E-state index in [-0.39, 0.29) is 6.61 Å². The van der Waals surface area contributed by atoms with Crippen LogP contribution in [0, 0.1) is 0 Å². The van der Waals surface area contributed by atoms with Gasteiger partial charge in [0.25, 0.3) is 0 Å². The SMILES string of the molecule is COC(C(=O)OCc1cccc(Cl)c1)(c1ccccc1)c1ccccc1. The molecule has 0 aromatic heterocycles. The molecule has 3 nitrogen and oxygen atoms in total. The maximum atomic E-state index is 13.2. The topological polar surface area (TPSA) is 35.5 Å². The van der Waals surface area contributed by atoms with E-state index in [9.17, 15) is 4.79 Å². The zero-order valence-electron chi connectivity index (χ0n) is 14.4. The highest BCUT2D eigenvalue weighted by Crippen LogP contribution is 2.35. The van der Waals surface area contributed by atoms with E-state index in [1.165, 1.54) is 7.11 Å². The van der Waals surface area contributed by atoms with Crippen LogP contribution in [0.25, 0.3) is 0 Å². The van der Waals surface area contributed by atoms with Crippen LogP contribution in [0.5, 0.6) is 0 Å². The number of halogens is 1. The summed E-state index contributed by atoms with van der Waals surface area (Å²) in [6.45, 7) is 0.115. The van der Waals surface area contributed by atoms with Gasteiger partial charge in [0.15, 0.2) is 0 Å². The fourth-order valence-corrected chi connectivity index (χ4v) is 3.16. The summed E-state index contributed by atoms with van der Waals surface area (Å²) >= 11 is 6.00. The lowest BCUT2D eigenvalue weighted by molar-refractivity contribution is -0.166. The van der Waals surface area contributed by atoms with Gasteiger partial charge in [-0.05, 0) is 28.8 Å². The number of hydrogen-bond acceptors (Lipinski definition) is 3. The lowest BCUT2D eigenvalue weighted by Crippen LogP contribution is -2.40. The molecule has 0 aliphatic rings. The fourth-order valence-electron chi connectivity index (χ4n) is 2.94. The quantitative estimate of drug-likeness (QED) is 0.577. The van der Waals surface area contributed by atoms with E-state index in [2.05, 4.69) is 0 Å². The second-order valence-electron chi connectivity index (χ2n) is 5.82. The number of carbonyl (C=O) groups excluding carboxylic acids is 1. The van der Waals surface area contributed by atoms with Crippen molar-refractivity contribution in [2.75, 3.05) is 7.11 Å². The zero-order chi connectivity index (χ0) is 18.4. The standard InChI is InChI=1S/C22H19ClO3/c1-25-22(18-10-4-2-5-11-18,19-12-6-3-7-13-19)21(24)26-16-17-9-8-14-20(23)15-17/h2-15H,16H2,1H3. The molecule has 0 aliphatic carbocycles. The second kappa shape index (κ2) is 8.17. The first-order valence-electron chi connectivity index (χ1n) is 8.24. The van der Waals surface area contributed by atoms with E-state index in [1.807, 2.05) is 72.8 Å². The first kappa shape index (κ1) is 18.2. The van der Waals surface area contributed by atoms with E-state index in [1.54, 1.807) is 12.1 Å². The third kappa shape index (κ3) is 3.64. The molecule has 0 heterocycles. The van der Waals surface area contributed by atoms with Crippen LogP contribution in [0.2, 0.25) is 5.02 Å². The highest BCUT2D eigenvalue weighted by Gasteiger charge is 2.44. The minimum absolute atomic E-state index is 0.115. The highest BCUT2D eigenvalue weighted by atomic mass is 35.5. The van der Waals surface area contributed by atoms with E-state index in [0.717, 1.165) is 5.56 Å². The molecule has 0 atom stereocenters. The van der Waals surface area contributed by atoms with Gasteiger partial charge in [0, 0.05) is 12.1 Å². The van der Waals surface area contributed by atoms with Gasteiger partial charge in [-0.3, -0.25) is 0 Å². The number of ether oxygens (including phenoxy) is 2. The van der Waals surface area contributed by atoms with Crippen LogP contribution in [-0.4, -0.2) is 13.1 Å². The van der Waals surface area contributed by atoms with Gasteiger partial charge in [-0.25, -0.2) is 4.79 Å². The molecule has 3 aromatic carbocycles. The summed E-state index contributed by atoms with van der Waals surface area (Å²) < 4.78 is 11.4. The van der Waals surface area contributed by atoms with E-state index >= 15 is 0 Å². The molecule has 0 N–H and O–H groups in total. The molecule has 0 bridgehead atoms. The maximum Gasteiger partial charge on any atom is 0.348 e. The lowest BCUT2D eigenvalue weighted by atomic mass is 9.86. The van der Waals surface area contributed by atoms with Crippen LogP contribution in [0.3, 0.4) is 0 Å². The first-order valence-corrected chi connectivity index (χ1v) is 8.62. The van der Waals surface area contributed by atoms with Crippen LogP contribution in [0.15, 0.2) is 84.9 Å². The molecular weight excluding hydrogens is 348 g/mol. The molecule has 0 saturated heterocycles. The Balaban J connectivity index is 1.96. The summed E-state index contributed by atoms with van der Waals surface area (Å²) in [5.74, 6) is -0.475. The molecule has 0 spiro atoms. The third-order valence-electron chi connectivity index (χ3n) is 4.21. The second-order valence-corrected chi connectivity index (χ2v) is 6.26. The van der Waals surface area contributed by atoms with Crippen molar-refractivity contribution in [1.82, 2.24) is 0 Å². The normalized spacial score (nSPS) is 11.2. The number of esters is 1. The summed E-state index contributed by atoms with van der Waals surface area (Å²) in [5.41, 5.74) is 0.910. The van der Waals surface area contributed by atoms with Crippen molar-refractivity contribution in [3.05, 3.63) is 107 Å². The number of benzene rings is 3. The average Bonchev–Trinajstić information content (AvgIpc) is 2.69. The number of rotatable bonds is 6. The summed E-state index contributed by atoms with van der Waals surface area (Å²) in [6, 6.07) is 25.9. The highest BCUT2D eigenvalue weighted by molar-refractivity contribution is 6.30. The average molecular weight is 367 g/mol. The fraction of sp³-hybridized carbons (Fsp3) is 0.136. The van der Waals surface area contributed by atoms with Gasteiger partial charge in [-0.2, -0.15) is 0 Å². The molecule has 3 aromatic rings. The van der Waals surface area contributed by atoms with Crippen LogP contribution in [0.4, 0.5) is 0 Å². The van der Waals surface area contributed by atoms with Crippen molar-refractivity contribution in [3.63, 3.8) is 0 Å². The third-order valence-corrected chi connectivity index (χ3v) is 4.45. The predicted octanol–water partition coefficient (Wildman–Crippen LogP) is 4.97. The van der Waals surface area contributed by atoms with Gasteiger partial charge in [-0.15, -0.1) is 0 Å². The van der Waals surface area contributed by atoms with E-state index < -0.39 is 11.6 Å². The van der Waals surface area contributed by atoms with Gasteiger partial charge in [0.05, 0.1) is 0 Å². The molecule has 0 amide bonds. The Kier molecular flexibility index (Phi) is 5.71. The molecule has 132 valence electrons. The van der Waals surface area contributed by atoms with Gasteiger partial charge in [-0.1, -0.05) is 84.4 Å². The monoisotopic (exact) mass is 366 g/mol. The van der Waals surface area contributed by atoms with Gasteiger partial charge in [0.1, 0.15) is 6.61 Å². The van der Waals surface area contributed by atoms with Crippen LogP contribution >= 0.6 is 11.6 Å². The van der Waals surface area contributed by atoms with E-state index in [4.69, 9.17) is 21.1 Å². The summed E-state index contributed by atoms with van der Waals surface area (Å²) in [5, 5.41) is 0.600. The van der Waals surface area contributed by atoms with Gasteiger partial charge < -0.3 is 9.47 Å². The lowest BCUT2D eigenvalue weighted by Gasteiger charge is -2.31. The van der Waals surface area contributed by atoms with Crippen molar-refractivity contribution < 1.29 is 14.3 Å². The molecule has 0 radical (unpaired) electrons. The molecule has 4 heteroatoms. The number of hydrogen-bond donors (Lipinski definition) is 0. The van der Waals surface area contributed by atoms with Gasteiger partial charge >= 0.3 is 5.97 Å². The smallest absolute Gasteiger partial charge is 0.348 e. The summed E-state index contributed by atoms with van der Waals surface area (Å²) in [4.78, 5) is 13.2. The number of methoxy groups -OCH3 is 1. The molecule has 0 saturated carbocycles. The maximum absolute atomic E-state index is 13.2. The summed E-state index contributed by atoms with van der Waals surface area (Å²) in [6.07, 6.45) is 0. The number of carbonyl (C=O) groups is 1. The molecule has 0 unspecified atom stereocenters. The molecule has 0 aliphatic heterocycles. The van der Waals surface area contributed by atoms with E-state index in [0.29, 0.717) is 16.1 Å². The Morgan fingerprint density at radius 1 is 0.885 bits per heavy atom. The summed E-state index contributed by atoms with van der Waals surface area (Å²) in [7, 11) is 1.51. The van der Waals surface area contributed by atoms with Crippen molar-refractivity contribution >= 4 is 17.6 Å². The molecule has 3 rings (SSSR count). The zero-order valence-corrected chi connectivity index (χ0v) is 15.1. The Morgan fingerprint density at radius 2 is 1.46 bits per heavy atom. The largest absolute Gasteiger partial charge is 0.458 e. The van der Waals surface area contributed by atoms with Crippen molar-refractivity contribution in [1.29, 1.82) is 0 Å². The van der Waals surface area contributed by atoms with Crippen LogP contribution in [0.1, 0.15) is 16.7 Å². The Hall–Kier alpha value is -2.62. The Bertz CT molecular complexity index is 823. The first-order chi connectivity index (χ1) is 12.7.